The third kappa shape index (κ3) is 2.94. The highest BCUT2D eigenvalue weighted by Gasteiger charge is 2.34. The highest BCUT2D eigenvalue weighted by Crippen LogP contribution is 2.35. The number of benzene rings is 1. The number of sulfonamides is 1. The molecule has 4 nitrogen and oxygen atoms in total. The van der Waals surface area contributed by atoms with E-state index in [4.69, 9.17) is 0 Å². The van der Waals surface area contributed by atoms with Crippen LogP contribution in [-0.2, 0) is 16.4 Å². The van der Waals surface area contributed by atoms with Crippen molar-refractivity contribution < 1.29 is 8.42 Å². The molecule has 2 heterocycles. The second-order valence-electron chi connectivity index (χ2n) is 5.41. The Morgan fingerprint density at radius 3 is 2.55 bits per heavy atom. The summed E-state index contributed by atoms with van der Waals surface area (Å²) in [6, 6.07) is 9.91. The molecule has 0 radical (unpaired) electrons. The summed E-state index contributed by atoms with van der Waals surface area (Å²) in [7, 11) is -3.38. The first-order chi connectivity index (χ1) is 10.5. The second kappa shape index (κ2) is 5.85. The van der Waals surface area contributed by atoms with Crippen LogP contribution in [0.5, 0.6) is 0 Å². The first-order valence-corrected chi connectivity index (χ1v) is 9.96. The van der Waals surface area contributed by atoms with E-state index in [9.17, 15) is 8.42 Å². The maximum absolute atomic E-state index is 12.0. The molecule has 1 atom stereocenters. The molecule has 1 aromatic heterocycles. The zero-order chi connectivity index (χ0) is 15.7. The summed E-state index contributed by atoms with van der Waals surface area (Å²) >= 11 is 1.57. The van der Waals surface area contributed by atoms with Crippen molar-refractivity contribution in [2.75, 3.05) is 6.26 Å². The molecule has 1 aliphatic heterocycles. The number of nitrogens with zero attached hydrogens (tertiary/aromatic N) is 2. The van der Waals surface area contributed by atoms with Crippen molar-refractivity contribution in [3.63, 3.8) is 0 Å². The standard InChI is InChI=1S/C16H18N2O2S2/c1-3-12-4-6-13(7-5-12)15-10-16(14-8-9-21-11-14)18(17-15)22(2,19)20/h4-9,11,16H,3,10H2,1-2H3. The van der Waals surface area contributed by atoms with Crippen molar-refractivity contribution in [1.82, 2.24) is 4.41 Å². The SMILES string of the molecule is CCc1ccc(C2=NN(S(C)(=O)=O)C(c3ccsc3)C2)cc1. The van der Waals surface area contributed by atoms with Gasteiger partial charge in [0.25, 0.3) is 0 Å². The van der Waals surface area contributed by atoms with Crippen molar-refractivity contribution in [2.24, 2.45) is 5.10 Å². The van der Waals surface area contributed by atoms with Crippen molar-refractivity contribution >= 4 is 27.1 Å². The third-order valence-corrected chi connectivity index (χ3v) is 5.55. The molecule has 0 aliphatic carbocycles. The molecule has 1 aliphatic rings. The van der Waals surface area contributed by atoms with Gasteiger partial charge in [0.15, 0.2) is 0 Å². The van der Waals surface area contributed by atoms with Crippen LogP contribution >= 0.6 is 11.3 Å². The molecule has 0 saturated carbocycles. The molecule has 22 heavy (non-hydrogen) atoms. The van der Waals surface area contributed by atoms with E-state index in [1.165, 1.54) is 16.2 Å². The second-order valence-corrected chi connectivity index (χ2v) is 8.03. The smallest absolute Gasteiger partial charge is 0.205 e. The van der Waals surface area contributed by atoms with Gasteiger partial charge in [-0.3, -0.25) is 0 Å². The lowest BCUT2D eigenvalue weighted by molar-refractivity contribution is 0.375. The fraction of sp³-hybridized carbons (Fsp3) is 0.312. The predicted molar refractivity (Wildman–Crippen MR) is 90.7 cm³/mol. The molecule has 2 aromatic rings. The fourth-order valence-electron chi connectivity index (χ4n) is 2.61. The molecule has 116 valence electrons. The Hall–Kier alpha value is -1.66. The lowest BCUT2D eigenvalue weighted by Gasteiger charge is -2.20. The number of hydrogen-bond acceptors (Lipinski definition) is 4. The van der Waals surface area contributed by atoms with Gasteiger partial charge >= 0.3 is 0 Å². The molecule has 0 N–H and O–H groups in total. The molecule has 0 fully saturated rings. The fourth-order valence-corrected chi connectivity index (χ4v) is 4.23. The summed E-state index contributed by atoms with van der Waals surface area (Å²) in [5.74, 6) is 0. The van der Waals surface area contributed by atoms with E-state index < -0.39 is 10.0 Å². The maximum atomic E-state index is 12.0. The highest BCUT2D eigenvalue weighted by molar-refractivity contribution is 7.88. The Morgan fingerprint density at radius 2 is 2.00 bits per heavy atom. The minimum atomic E-state index is -3.38. The van der Waals surface area contributed by atoms with Crippen LogP contribution < -0.4 is 0 Å². The van der Waals surface area contributed by atoms with Crippen molar-refractivity contribution in [3.05, 3.63) is 57.8 Å². The molecule has 0 amide bonds. The van der Waals surface area contributed by atoms with E-state index in [0.717, 1.165) is 23.3 Å². The number of hydrazone groups is 1. The van der Waals surface area contributed by atoms with Crippen LogP contribution in [0.3, 0.4) is 0 Å². The van der Waals surface area contributed by atoms with Gasteiger partial charge in [-0.2, -0.15) is 20.9 Å². The lowest BCUT2D eigenvalue weighted by Crippen LogP contribution is -2.25. The van der Waals surface area contributed by atoms with E-state index in [1.807, 2.05) is 29.0 Å². The molecule has 0 bridgehead atoms. The van der Waals surface area contributed by atoms with E-state index in [2.05, 4.69) is 24.2 Å². The Bertz CT molecular complexity index is 778. The van der Waals surface area contributed by atoms with Gasteiger partial charge in [-0.05, 0) is 39.9 Å². The molecule has 0 saturated heterocycles. The van der Waals surface area contributed by atoms with Crippen LogP contribution in [0, 0.1) is 0 Å². The summed E-state index contributed by atoms with van der Waals surface area (Å²) < 4.78 is 25.3. The van der Waals surface area contributed by atoms with Gasteiger partial charge in [0.05, 0.1) is 18.0 Å². The largest absolute Gasteiger partial charge is 0.247 e. The zero-order valence-corrected chi connectivity index (χ0v) is 14.2. The van der Waals surface area contributed by atoms with E-state index in [-0.39, 0.29) is 6.04 Å². The van der Waals surface area contributed by atoms with Gasteiger partial charge in [0.1, 0.15) is 0 Å². The van der Waals surface area contributed by atoms with Crippen LogP contribution in [0.15, 0.2) is 46.2 Å². The van der Waals surface area contributed by atoms with E-state index >= 15 is 0 Å². The highest BCUT2D eigenvalue weighted by atomic mass is 32.2. The van der Waals surface area contributed by atoms with Crippen LogP contribution in [0.1, 0.15) is 36.1 Å². The van der Waals surface area contributed by atoms with E-state index in [0.29, 0.717) is 6.42 Å². The van der Waals surface area contributed by atoms with Gasteiger partial charge in [-0.1, -0.05) is 31.2 Å². The zero-order valence-electron chi connectivity index (χ0n) is 12.6. The van der Waals surface area contributed by atoms with Gasteiger partial charge in [0.2, 0.25) is 10.0 Å². The number of rotatable bonds is 4. The molecular weight excluding hydrogens is 316 g/mol. The molecule has 1 aromatic carbocycles. The summed E-state index contributed by atoms with van der Waals surface area (Å²) in [6.07, 6.45) is 2.80. The predicted octanol–water partition coefficient (Wildman–Crippen LogP) is 3.42. The summed E-state index contributed by atoms with van der Waals surface area (Å²) in [5, 5.41) is 8.34. The first-order valence-electron chi connectivity index (χ1n) is 7.17. The van der Waals surface area contributed by atoms with Gasteiger partial charge in [-0.15, -0.1) is 0 Å². The Kier molecular flexibility index (Phi) is 4.06. The molecular formula is C16H18N2O2S2. The minimum Gasteiger partial charge on any atom is -0.205 e. The lowest BCUT2D eigenvalue weighted by atomic mass is 10.00. The minimum absolute atomic E-state index is 0.234. The van der Waals surface area contributed by atoms with Crippen molar-refractivity contribution in [1.29, 1.82) is 0 Å². The summed E-state index contributed by atoms with van der Waals surface area (Å²) in [4.78, 5) is 0. The van der Waals surface area contributed by atoms with Crippen LogP contribution in [0.2, 0.25) is 0 Å². The van der Waals surface area contributed by atoms with Crippen molar-refractivity contribution in [3.8, 4) is 0 Å². The Labute approximate surface area is 135 Å². The van der Waals surface area contributed by atoms with Gasteiger partial charge in [-0.25, -0.2) is 8.42 Å². The van der Waals surface area contributed by atoms with Gasteiger partial charge in [0, 0.05) is 6.42 Å². The third-order valence-electron chi connectivity index (χ3n) is 3.84. The quantitative estimate of drug-likeness (QED) is 0.860. The van der Waals surface area contributed by atoms with Crippen LogP contribution in [0.25, 0.3) is 0 Å². The Morgan fingerprint density at radius 1 is 1.27 bits per heavy atom. The topological polar surface area (TPSA) is 49.7 Å². The number of aryl methyl sites for hydroxylation is 1. The monoisotopic (exact) mass is 334 g/mol. The molecule has 0 spiro atoms. The summed E-state index contributed by atoms with van der Waals surface area (Å²) in [5.41, 5.74) is 4.07. The number of thiophene rings is 1. The average molecular weight is 334 g/mol. The molecule has 1 unspecified atom stereocenters. The van der Waals surface area contributed by atoms with Crippen LogP contribution in [0.4, 0.5) is 0 Å². The number of hydrogen-bond donors (Lipinski definition) is 0. The molecule has 6 heteroatoms. The van der Waals surface area contributed by atoms with Crippen LogP contribution in [-0.4, -0.2) is 24.8 Å². The Balaban J connectivity index is 1.96. The summed E-state index contributed by atoms with van der Waals surface area (Å²) in [6.45, 7) is 2.11. The first kappa shape index (κ1) is 15.2. The maximum Gasteiger partial charge on any atom is 0.247 e. The average Bonchev–Trinajstić information content (AvgIpc) is 3.15. The van der Waals surface area contributed by atoms with Crippen molar-refractivity contribution in [2.45, 2.75) is 25.8 Å². The molecule has 3 rings (SSSR count). The van der Waals surface area contributed by atoms with Gasteiger partial charge < -0.3 is 0 Å². The normalized spacial score (nSPS) is 18.5. The van der Waals surface area contributed by atoms with E-state index in [1.54, 1.807) is 11.3 Å².